The predicted molar refractivity (Wildman–Crippen MR) is 97.1 cm³/mol. The first-order chi connectivity index (χ1) is 12.6. The molecule has 0 unspecified atom stereocenters. The van der Waals surface area contributed by atoms with Gasteiger partial charge in [-0.1, -0.05) is 18.2 Å². The number of carbonyl (C=O) groups is 2. The number of ether oxygens (including phenoxy) is 1. The average Bonchev–Trinajstić information content (AvgIpc) is 3.28. The fourth-order valence-corrected chi connectivity index (χ4v) is 4.22. The number of likely N-dealkylation sites (tertiary alicyclic amines) is 1. The molecule has 0 radical (unpaired) electrons. The van der Waals surface area contributed by atoms with Crippen molar-refractivity contribution in [2.75, 3.05) is 26.8 Å². The molecule has 4 rings (SSSR count). The van der Waals surface area contributed by atoms with E-state index >= 15 is 0 Å². The van der Waals surface area contributed by atoms with Crippen molar-refractivity contribution in [1.29, 1.82) is 0 Å². The Bertz CT molecular complexity index is 839. The van der Waals surface area contributed by atoms with Gasteiger partial charge in [0.15, 0.2) is 0 Å². The van der Waals surface area contributed by atoms with E-state index in [1.54, 1.807) is 12.0 Å². The Morgan fingerprint density at radius 3 is 2.69 bits per heavy atom. The van der Waals surface area contributed by atoms with E-state index in [1.807, 2.05) is 35.0 Å². The van der Waals surface area contributed by atoms with Crippen LogP contribution in [0.4, 0.5) is 0 Å². The number of aromatic nitrogens is 1. The Labute approximate surface area is 152 Å². The number of nitrogens with zero attached hydrogens (tertiary/aromatic N) is 2. The van der Waals surface area contributed by atoms with Gasteiger partial charge in [0.25, 0.3) is 5.91 Å². The van der Waals surface area contributed by atoms with E-state index in [0.29, 0.717) is 37.7 Å². The number of carbonyl (C=O) groups excluding carboxylic acids is 1. The van der Waals surface area contributed by atoms with Crippen LogP contribution in [0.2, 0.25) is 0 Å². The summed E-state index contributed by atoms with van der Waals surface area (Å²) in [7, 11) is 1.66. The Kier molecular flexibility index (Phi) is 4.44. The van der Waals surface area contributed by atoms with Gasteiger partial charge in [0.2, 0.25) is 0 Å². The molecule has 2 aliphatic rings. The van der Waals surface area contributed by atoms with Crippen LogP contribution in [0.25, 0.3) is 10.9 Å². The molecule has 2 fully saturated rings. The van der Waals surface area contributed by atoms with Gasteiger partial charge < -0.3 is 19.3 Å². The number of fused-ring (bicyclic) bond motifs is 1. The van der Waals surface area contributed by atoms with Crippen LogP contribution in [0.15, 0.2) is 30.5 Å². The van der Waals surface area contributed by atoms with Crippen LogP contribution in [-0.4, -0.2) is 53.3 Å². The molecule has 0 spiro atoms. The summed E-state index contributed by atoms with van der Waals surface area (Å²) in [6.45, 7) is 2.11. The highest BCUT2D eigenvalue weighted by atomic mass is 16.5. The van der Waals surface area contributed by atoms with Crippen LogP contribution in [0.1, 0.15) is 23.2 Å². The first kappa shape index (κ1) is 17.1. The van der Waals surface area contributed by atoms with Gasteiger partial charge in [0, 0.05) is 43.8 Å². The van der Waals surface area contributed by atoms with Crippen LogP contribution in [0.5, 0.6) is 0 Å². The van der Waals surface area contributed by atoms with Gasteiger partial charge in [-0.2, -0.15) is 0 Å². The van der Waals surface area contributed by atoms with Gasteiger partial charge in [-0.3, -0.25) is 9.59 Å². The number of hydrogen-bond acceptors (Lipinski definition) is 3. The van der Waals surface area contributed by atoms with Gasteiger partial charge in [-0.25, -0.2) is 0 Å². The van der Waals surface area contributed by atoms with Gasteiger partial charge in [0.05, 0.1) is 18.1 Å². The molecule has 2 heterocycles. The number of para-hydroxylation sites is 1. The Morgan fingerprint density at radius 2 is 2.00 bits per heavy atom. The summed E-state index contributed by atoms with van der Waals surface area (Å²) in [5, 5.41) is 10.5. The Balaban J connectivity index is 1.63. The first-order valence-electron chi connectivity index (χ1n) is 9.19. The van der Waals surface area contributed by atoms with Crippen molar-refractivity contribution < 1.29 is 19.4 Å². The lowest BCUT2D eigenvalue weighted by atomic mass is 9.92. The average molecular weight is 356 g/mol. The smallest absolute Gasteiger partial charge is 0.308 e. The fraction of sp³-hybridized carbons (Fsp3) is 0.500. The van der Waals surface area contributed by atoms with Crippen LogP contribution >= 0.6 is 0 Å². The summed E-state index contributed by atoms with van der Waals surface area (Å²) in [5.74, 6) is -0.713. The summed E-state index contributed by atoms with van der Waals surface area (Å²) in [5.41, 5.74) is 1.65. The largest absolute Gasteiger partial charge is 0.481 e. The van der Waals surface area contributed by atoms with Crippen LogP contribution in [-0.2, 0) is 16.1 Å². The molecule has 1 aromatic carbocycles. The van der Waals surface area contributed by atoms with E-state index in [1.165, 1.54) is 0 Å². The number of carboxylic acids is 1. The summed E-state index contributed by atoms with van der Waals surface area (Å²) in [6, 6.07) is 7.84. The van der Waals surface area contributed by atoms with Crippen molar-refractivity contribution in [2.45, 2.75) is 19.4 Å². The second-order valence-corrected chi connectivity index (χ2v) is 7.40. The summed E-state index contributed by atoms with van der Waals surface area (Å²) < 4.78 is 7.21. The summed E-state index contributed by atoms with van der Waals surface area (Å²) in [4.78, 5) is 26.6. The van der Waals surface area contributed by atoms with Crippen LogP contribution in [0, 0.1) is 17.8 Å². The molecule has 2 atom stereocenters. The zero-order valence-corrected chi connectivity index (χ0v) is 14.9. The number of rotatable bonds is 6. The minimum absolute atomic E-state index is 0.0632. The number of methoxy groups -OCH3 is 1. The monoisotopic (exact) mass is 356 g/mol. The molecule has 1 saturated heterocycles. The van der Waals surface area contributed by atoms with Gasteiger partial charge in [0.1, 0.15) is 0 Å². The lowest BCUT2D eigenvalue weighted by Gasteiger charge is -2.15. The van der Waals surface area contributed by atoms with Gasteiger partial charge in [-0.15, -0.1) is 0 Å². The molecule has 1 amide bonds. The molecule has 1 N–H and O–H groups in total. The van der Waals surface area contributed by atoms with Crippen molar-refractivity contribution in [1.82, 2.24) is 9.47 Å². The maximum absolute atomic E-state index is 13.2. The topological polar surface area (TPSA) is 71.8 Å². The van der Waals surface area contributed by atoms with E-state index in [-0.39, 0.29) is 11.8 Å². The molecule has 0 bridgehead atoms. The maximum Gasteiger partial charge on any atom is 0.308 e. The molecule has 1 aliphatic heterocycles. The molecule has 1 aromatic heterocycles. The summed E-state index contributed by atoms with van der Waals surface area (Å²) in [6.07, 6.45) is 4.06. The van der Waals surface area contributed by atoms with E-state index in [0.717, 1.165) is 23.7 Å². The second kappa shape index (κ2) is 6.76. The zero-order valence-electron chi connectivity index (χ0n) is 14.9. The normalized spacial score (nSPS) is 22.9. The number of amides is 1. The molecular formula is C20H24N2O4. The molecule has 26 heavy (non-hydrogen) atoms. The first-order valence-corrected chi connectivity index (χ1v) is 9.19. The maximum atomic E-state index is 13.2. The molecule has 6 nitrogen and oxygen atoms in total. The van der Waals surface area contributed by atoms with E-state index in [2.05, 4.69) is 0 Å². The van der Waals surface area contributed by atoms with Crippen molar-refractivity contribution in [3.05, 3.63) is 36.0 Å². The third-order valence-electron chi connectivity index (χ3n) is 5.75. The molecule has 138 valence electrons. The number of hydrogen-bond donors (Lipinski definition) is 1. The second-order valence-electron chi connectivity index (χ2n) is 7.40. The van der Waals surface area contributed by atoms with Crippen molar-refractivity contribution in [3.63, 3.8) is 0 Å². The van der Waals surface area contributed by atoms with Crippen molar-refractivity contribution in [3.8, 4) is 0 Å². The van der Waals surface area contributed by atoms with Crippen LogP contribution < -0.4 is 0 Å². The summed E-state index contributed by atoms with van der Waals surface area (Å²) >= 11 is 0. The van der Waals surface area contributed by atoms with Crippen molar-refractivity contribution >= 4 is 22.8 Å². The SMILES string of the molecule is COCCn1cc(C(=O)N2C[C@H](C(=O)O)[C@@H](C3CC3)C2)c2ccccc21. The highest BCUT2D eigenvalue weighted by Crippen LogP contribution is 2.44. The van der Waals surface area contributed by atoms with Gasteiger partial charge >= 0.3 is 5.97 Å². The van der Waals surface area contributed by atoms with Gasteiger partial charge in [-0.05, 0) is 30.7 Å². The molecule has 2 aromatic rings. The van der Waals surface area contributed by atoms with Crippen LogP contribution in [0.3, 0.4) is 0 Å². The molecular weight excluding hydrogens is 332 g/mol. The third-order valence-corrected chi connectivity index (χ3v) is 5.75. The molecule has 1 saturated carbocycles. The lowest BCUT2D eigenvalue weighted by Crippen LogP contribution is -2.29. The zero-order chi connectivity index (χ0) is 18.3. The third kappa shape index (κ3) is 2.98. The predicted octanol–water partition coefficient (Wildman–Crippen LogP) is 2.47. The van der Waals surface area contributed by atoms with E-state index in [9.17, 15) is 14.7 Å². The van der Waals surface area contributed by atoms with E-state index in [4.69, 9.17) is 4.74 Å². The minimum atomic E-state index is -0.778. The highest BCUT2D eigenvalue weighted by Gasteiger charge is 2.47. The number of aliphatic carboxylic acids is 1. The Hall–Kier alpha value is -2.34. The van der Waals surface area contributed by atoms with Crippen molar-refractivity contribution in [2.24, 2.45) is 17.8 Å². The van der Waals surface area contributed by atoms with E-state index < -0.39 is 11.9 Å². The number of carboxylic acid groups (broad SMARTS) is 1. The number of benzene rings is 1. The Morgan fingerprint density at radius 1 is 1.23 bits per heavy atom. The molecule has 6 heteroatoms. The highest BCUT2D eigenvalue weighted by molar-refractivity contribution is 6.07. The standard InChI is InChI=1S/C20H24N2O4/c1-26-9-8-21-11-16(14-4-2-3-5-18(14)21)19(23)22-10-15(13-6-7-13)17(12-22)20(24)25/h2-5,11,13,15,17H,6-10,12H2,1H3,(H,24,25)/t15-,17+/m1/s1. The fourth-order valence-electron chi connectivity index (χ4n) is 4.22. The minimum Gasteiger partial charge on any atom is -0.481 e. The quantitative estimate of drug-likeness (QED) is 0.863. The molecule has 1 aliphatic carbocycles. The lowest BCUT2D eigenvalue weighted by molar-refractivity contribution is -0.142.